The summed E-state index contributed by atoms with van der Waals surface area (Å²) in [6.45, 7) is 3.35. The second-order valence-electron chi connectivity index (χ2n) is 4.32. The zero-order valence-electron chi connectivity index (χ0n) is 10.7. The van der Waals surface area contributed by atoms with Crippen LogP contribution < -0.4 is 5.73 Å². The molecule has 2 rings (SSSR count). The molecule has 0 spiro atoms. The van der Waals surface area contributed by atoms with E-state index in [1.165, 1.54) is 6.07 Å². The molecule has 0 aliphatic rings. The smallest absolute Gasteiger partial charge is 0.382 e. The molecule has 0 fully saturated rings. The van der Waals surface area contributed by atoms with Crippen molar-refractivity contribution in [3.63, 3.8) is 0 Å². The molecule has 2 N–H and O–H groups in total. The van der Waals surface area contributed by atoms with Crippen molar-refractivity contribution in [2.24, 2.45) is 0 Å². The third-order valence-electron chi connectivity index (χ3n) is 2.88. The third kappa shape index (κ3) is 2.56. The summed E-state index contributed by atoms with van der Waals surface area (Å²) in [6.07, 6.45) is -4.78. The molecule has 20 heavy (non-hydrogen) atoms. The summed E-state index contributed by atoms with van der Waals surface area (Å²) >= 11 is 0. The van der Waals surface area contributed by atoms with Crippen molar-refractivity contribution < 1.29 is 17.6 Å². The number of nitrogen functional groups attached to an aromatic ring is 1. The van der Waals surface area contributed by atoms with Crippen LogP contribution in [0, 0.1) is 19.7 Å². The van der Waals surface area contributed by atoms with E-state index in [0.717, 1.165) is 6.07 Å². The molecule has 0 aliphatic carbocycles. The van der Waals surface area contributed by atoms with Gasteiger partial charge in [-0.3, -0.25) is 0 Å². The predicted octanol–water partition coefficient (Wildman–Crippen LogP) is 3.50. The van der Waals surface area contributed by atoms with Gasteiger partial charge < -0.3 is 5.73 Å². The molecule has 1 aromatic carbocycles. The first-order valence-corrected chi connectivity index (χ1v) is 5.68. The highest BCUT2D eigenvalue weighted by Crippen LogP contribution is 2.34. The Bertz CT molecular complexity index is 665. The van der Waals surface area contributed by atoms with E-state index in [1.807, 2.05) is 0 Å². The molecule has 0 saturated carbocycles. The van der Waals surface area contributed by atoms with Crippen molar-refractivity contribution in [1.29, 1.82) is 0 Å². The second-order valence-corrected chi connectivity index (χ2v) is 4.32. The molecule has 0 saturated heterocycles. The van der Waals surface area contributed by atoms with Crippen LogP contribution in [0.15, 0.2) is 18.2 Å². The first-order chi connectivity index (χ1) is 9.20. The van der Waals surface area contributed by atoms with Crippen molar-refractivity contribution in [2.45, 2.75) is 20.0 Å². The van der Waals surface area contributed by atoms with Gasteiger partial charge in [0.2, 0.25) is 0 Å². The molecule has 2 aromatic rings. The van der Waals surface area contributed by atoms with Crippen molar-refractivity contribution in [1.82, 2.24) is 9.97 Å². The number of rotatable bonds is 1. The Morgan fingerprint density at radius 1 is 1.05 bits per heavy atom. The van der Waals surface area contributed by atoms with E-state index in [4.69, 9.17) is 5.73 Å². The molecule has 1 aromatic heterocycles. The van der Waals surface area contributed by atoms with Gasteiger partial charge in [0.1, 0.15) is 17.3 Å². The largest absolute Gasteiger partial charge is 0.419 e. The second kappa shape index (κ2) is 4.73. The monoisotopic (exact) mass is 285 g/mol. The Balaban J connectivity index is 2.63. The number of nitrogens with two attached hydrogens (primary N) is 1. The minimum absolute atomic E-state index is 0.00725. The maximum Gasteiger partial charge on any atom is 0.419 e. The number of aromatic nitrogens is 2. The fourth-order valence-electron chi connectivity index (χ4n) is 1.72. The lowest BCUT2D eigenvalue weighted by atomic mass is 10.1. The lowest BCUT2D eigenvalue weighted by Gasteiger charge is -2.11. The lowest BCUT2D eigenvalue weighted by Crippen LogP contribution is -2.09. The summed E-state index contributed by atoms with van der Waals surface area (Å²) in [4.78, 5) is 8.12. The SMILES string of the molecule is Cc1nc(N)c(-c2ccc(F)c(C(F)(F)F)c2)nc1C. The number of halogens is 4. The van der Waals surface area contributed by atoms with Gasteiger partial charge >= 0.3 is 6.18 Å². The van der Waals surface area contributed by atoms with Crippen LogP contribution in [0.2, 0.25) is 0 Å². The van der Waals surface area contributed by atoms with Crippen molar-refractivity contribution in [3.05, 3.63) is 41.0 Å². The molecule has 0 amide bonds. The molecule has 0 atom stereocenters. The summed E-state index contributed by atoms with van der Waals surface area (Å²) < 4.78 is 51.3. The Hall–Kier alpha value is -2.18. The van der Waals surface area contributed by atoms with Crippen LogP contribution >= 0.6 is 0 Å². The standard InChI is InChI=1S/C13H11F4N3/c1-6-7(2)20-12(18)11(19-6)8-3-4-10(14)9(5-8)13(15,16)17/h3-5H,1-2H3,(H2,18,20). The van der Waals surface area contributed by atoms with E-state index in [9.17, 15) is 17.6 Å². The van der Waals surface area contributed by atoms with Gasteiger partial charge in [-0.25, -0.2) is 14.4 Å². The van der Waals surface area contributed by atoms with Crippen LogP contribution in [0.4, 0.5) is 23.4 Å². The topological polar surface area (TPSA) is 51.8 Å². The van der Waals surface area contributed by atoms with Gasteiger partial charge in [0.25, 0.3) is 0 Å². The zero-order chi connectivity index (χ0) is 15.1. The number of hydrogen-bond donors (Lipinski definition) is 1. The number of anilines is 1. The van der Waals surface area contributed by atoms with Gasteiger partial charge in [-0.15, -0.1) is 0 Å². The van der Waals surface area contributed by atoms with Gasteiger partial charge in [0.05, 0.1) is 17.0 Å². The van der Waals surface area contributed by atoms with E-state index in [0.29, 0.717) is 17.5 Å². The zero-order valence-corrected chi connectivity index (χ0v) is 10.7. The molecule has 7 heteroatoms. The summed E-state index contributed by atoms with van der Waals surface area (Å²) in [7, 11) is 0. The summed E-state index contributed by atoms with van der Waals surface area (Å²) in [5.41, 5.74) is 5.64. The van der Waals surface area contributed by atoms with E-state index in [1.54, 1.807) is 13.8 Å². The molecule has 0 radical (unpaired) electrons. The maximum absolute atomic E-state index is 13.2. The molecule has 106 valence electrons. The fourth-order valence-corrected chi connectivity index (χ4v) is 1.72. The molecule has 0 unspecified atom stereocenters. The van der Waals surface area contributed by atoms with Gasteiger partial charge in [-0.2, -0.15) is 13.2 Å². The molecule has 0 bridgehead atoms. The minimum Gasteiger partial charge on any atom is -0.382 e. The summed E-state index contributed by atoms with van der Waals surface area (Å²) in [5, 5.41) is 0. The molecule has 3 nitrogen and oxygen atoms in total. The van der Waals surface area contributed by atoms with E-state index in [-0.39, 0.29) is 17.1 Å². The van der Waals surface area contributed by atoms with E-state index >= 15 is 0 Å². The fraction of sp³-hybridized carbons (Fsp3) is 0.231. The summed E-state index contributed by atoms with van der Waals surface area (Å²) in [6, 6.07) is 2.62. The number of alkyl halides is 3. The number of benzene rings is 1. The highest BCUT2D eigenvalue weighted by molar-refractivity contribution is 5.70. The Morgan fingerprint density at radius 3 is 2.25 bits per heavy atom. The van der Waals surface area contributed by atoms with Gasteiger partial charge in [0, 0.05) is 5.56 Å². The van der Waals surface area contributed by atoms with Crippen LogP contribution in [0.5, 0.6) is 0 Å². The highest BCUT2D eigenvalue weighted by Gasteiger charge is 2.34. The van der Waals surface area contributed by atoms with Crippen LogP contribution in [0.3, 0.4) is 0 Å². The number of hydrogen-bond acceptors (Lipinski definition) is 3. The van der Waals surface area contributed by atoms with Crippen LogP contribution in [0.1, 0.15) is 17.0 Å². The number of nitrogens with zero attached hydrogens (tertiary/aromatic N) is 2. The lowest BCUT2D eigenvalue weighted by molar-refractivity contribution is -0.139. The quantitative estimate of drug-likeness (QED) is 0.816. The Labute approximate surface area is 112 Å². The van der Waals surface area contributed by atoms with Crippen LogP contribution in [0.25, 0.3) is 11.3 Å². The van der Waals surface area contributed by atoms with Gasteiger partial charge in [-0.05, 0) is 32.0 Å². The first kappa shape index (κ1) is 14.2. The third-order valence-corrected chi connectivity index (χ3v) is 2.88. The average Bonchev–Trinajstić information content (AvgIpc) is 2.33. The van der Waals surface area contributed by atoms with Gasteiger partial charge in [-0.1, -0.05) is 0 Å². The van der Waals surface area contributed by atoms with Crippen LogP contribution in [-0.2, 0) is 6.18 Å². The molecule has 1 heterocycles. The molecular weight excluding hydrogens is 274 g/mol. The van der Waals surface area contributed by atoms with E-state index in [2.05, 4.69) is 9.97 Å². The Kier molecular flexibility index (Phi) is 3.37. The Morgan fingerprint density at radius 2 is 1.65 bits per heavy atom. The highest BCUT2D eigenvalue weighted by atomic mass is 19.4. The minimum atomic E-state index is -4.78. The number of aryl methyl sites for hydroxylation is 2. The summed E-state index contributed by atoms with van der Waals surface area (Å²) in [5.74, 6) is -1.33. The van der Waals surface area contributed by atoms with Crippen molar-refractivity contribution in [3.8, 4) is 11.3 Å². The van der Waals surface area contributed by atoms with Crippen molar-refractivity contribution in [2.75, 3.05) is 5.73 Å². The van der Waals surface area contributed by atoms with Crippen molar-refractivity contribution >= 4 is 5.82 Å². The predicted molar refractivity (Wildman–Crippen MR) is 66.3 cm³/mol. The average molecular weight is 285 g/mol. The normalized spacial score (nSPS) is 11.7. The van der Waals surface area contributed by atoms with Gasteiger partial charge in [0.15, 0.2) is 0 Å². The van der Waals surface area contributed by atoms with Crippen LogP contribution in [-0.4, -0.2) is 9.97 Å². The molecule has 0 aliphatic heterocycles. The first-order valence-electron chi connectivity index (χ1n) is 5.68. The van der Waals surface area contributed by atoms with E-state index < -0.39 is 17.6 Å². The molecular formula is C13H11F4N3. The maximum atomic E-state index is 13.2.